The molecule has 0 saturated carbocycles. The van der Waals surface area contributed by atoms with Crippen LogP contribution in [0.5, 0.6) is 0 Å². The molecule has 0 bridgehead atoms. The van der Waals surface area contributed by atoms with Gasteiger partial charge in [0.05, 0.1) is 0 Å². The van der Waals surface area contributed by atoms with Crippen LogP contribution in [0.25, 0.3) is 0 Å². The fraction of sp³-hybridized carbons (Fsp3) is 0.385. The summed E-state index contributed by atoms with van der Waals surface area (Å²) in [6.07, 6.45) is 0. The van der Waals surface area contributed by atoms with Crippen molar-refractivity contribution in [3.8, 4) is 0 Å². The number of carbonyl (C=O) groups is 2. The van der Waals surface area contributed by atoms with Gasteiger partial charge in [-0.2, -0.15) is 0 Å². The summed E-state index contributed by atoms with van der Waals surface area (Å²) in [7, 11) is 0. The molecule has 1 fully saturated rings. The van der Waals surface area contributed by atoms with Gasteiger partial charge in [0.1, 0.15) is 6.54 Å². The molecule has 1 N–H and O–H groups in total. The predicted octanol–water partition coefficient (Wildman–Crippen LogP) is 2.41. The van der Waals surface area contributed by atoms with Crippen LogP contribution in [0.4, 0.5) is 10.5 Å². The Morgan fingerprint density at radius 3 is 2.78 bits per heavy atom. The van der Waals surface area contributed by atoms with Crippen molar-refractivity contribution in [2.24, 2.45) is 0 Å². The van der Waals surface area contributed by atoms with Gasteiger partial charge in [-0.15, -0.1) is 0 Å². The van der Waals surface area contributed by atoms with Crippen molar-refractivity contribution in [1.29, 1.82) is 0 Å². The van der Waals surface area contributed by atoms with Crippen molar-refractivity contribution in [2.75, 3.05) is 24.2 Å². The minimum atomic E-state index is -0.144. The standard InChI is InChI=1S/C13H16N2O2S/c1-9-3-4-11(7-10(9)2)14-12(16)8-15-5-6-18-13(15)17/h3-4,7H,5-6,8H2,1-2H3,(H,14,16). The third-order valence-corrected chi connectivity index (χ3v) is 3.86. The van der Waals surface area contributed by atoms with Gasteiger partial charge >= 0.3 is 0 Å². The summed E-state index contributed by atoms with van der Waals surface area (Å²) in [6.45, 7) is 4.83. The van der Waals surface area contributed by atoms with E-state index >= 15 is 0 Å². The largest absolute Gasteiger partial charge is 0.325 e. The number of thioether (sulfide) groups is 1. The van der Waals surface area contributed by atoms with Gasteiger partial charge in [0.2, 0.25) is 5.91 Å². The molecule has 0 radical (unpaired) electrons. The first-order valence-electron chi connectivity index (χ1n) is 5.85. The maximum atomic E-state index is 11.8. The van der Waals surface area contributed by atoms with Crippen LogP contribution in [-0.2, 0) is 4.79 Å². The highest BCUT2D eigenvalue weighted by Crippen LogP contribution is 2.17. The van der Waals surface area contributed by atoms with E-state index in [4.69, 9.17) is 0 Å². The third-order valence-electron chi connectivity index (χ3n) is 2.97. The van der Waals surface area contributed by atoms with Gasteiger partial charge in [-0.1, -0.05) is 17.8 Å². The van der Waals surface area contributed by atoms with Crippen LogP contribution in [0.2, 0.25) is 0 Å². The molecule has 0 atom stereocenters. The van der Waals surface area contributed by atoms with Gasteiger partial charge in [0, 0.05) is 18.0 Å². The molecule has 1 heterocycles. The molecule has 2 amide bonds. The topological polar surface area (TPSA) is 49.4 Å². The highest BCUT2D eigenvalue weighted by molar-refractivity contribution is 8.13. The lowest BCUT2D eigenvalue weighted by Crippen LogP contribution is -2.33. The summed E-state index contributed by atoms with van der Waals surface area (Å²) in [4.78, 5) is 24.7. The molecule has 2 rings (SSSR count). The number of rotatable bonds is 3. The zero-order valence-electron chi connectivity index (χ0n) is 10.5. The molecule has 1 aliphatic heterocycles. The molecule has 0 aliphatic carbocycles. The molecular weight excluding hydrogens is 248 g/mol. The fourth-order valence-corrected chi connectivity index (χ4v) is 2.59. The quantitative estimate of drug-likeness (QED) is 0.912. The van der Waals surface area contributed by atoms with E-state index in [1.807, 2.05) is 32.0 Å². The number of aryl methyl sites for hydroxylation is 2. The second-order valence-electron chi connectivity index (χ2n) is 4.38. The zero-order valence-corrected chi connectivity index (χ0v) is 11.3. The fourth-order valence-electron chi connectivity index (χ4n) is 1.76. The molecule has 5 heteroatoms. The minimum absolute atomic E-state index is 0.00904. The van der Waals surface area contributed by atoms with Crippen LogP contribution < -0.4 is 5.32 Å². The Hall–Kier alpha value is -1.49. The van der Waals surface area contributed by atoms with Crippen LogP contribution in [0.1, 0.15) is 11.1 Å². The lowest BCUT2D eigenvalue weighted by Gasteiger charge is -2.14. The smallest absolute Gasteiger partial charge is 0.282 e. The van der Waals surface area contributed by atoms with Crippen molar-refractivity contribution in [3.05, 3.63) is 29.3 Å². The van der Waals surface area contributed by atoms with Crippen molar-refractivity contribution >= 4 is 28.6 Å². The number of benzene rings is 1. The monoisotopic (exact) mass is 264 g/mol. The summed E-state index contributed by atoms with van der Waals surface area (Å²) in [5.74, 6) is 0.629. The molecule has 1 aromatic rings. The molecule has 4 nitrogen and oxygen atoms in total. The Bertz CT molecular complexity index is 488. The maximum absolute atomic E-state index is 11.8. The summed E-state index contributed by atoms with van der Waals surface area (Å²) < 4.78 is 0. The average Bonchev–Trinajstić information content (AvgIpc) is 2.70. The van der Waals surface area contributed by atoms with Crippen LogP contribution >= 0.6 is 11.8 Å². The first kappa shape index (κ1) is 13.0. The van der Waals surface area contributed by atoms with Crippen molar-refractivity contribution < 1.29 is 9.59 Å². The van der Waals surface area contributed by atoms with E-state index in [9.17, 15) is 9.59 Å². The Kier molecular flexibility index (Phi) is 3.91. The van der Waals surface area contributed by atoms with Crippen molar-refractivity contribution in [3.63, 3.8) is 0 Å². The SMILES string of the molecule is Cc1ccc(NC(=O)CN2CCSC2=O)cc1C. The summed E-state index contributed by atoms with van der Waals surface area (Å²) in [6, 6.07) is 5.79. The second-order valence-corrected chi connectivity index (χ2v) is 5.43. The lowest BCUT2D eigenvalue weighted by atomic mass is 10.1. The normalized spacial score (nSPS) is 15.0. The number of hydrogen-bond donors (Lipinski definition) is 1. The molecule has 0 spiro atoms. The van der Waals surface area contributed by atoms with Crippen LogP contribution in [0.15, 0.2) is 18.2 Å². The summed E-state index contributed by atoms with van der Waals surface area (Å²) >= 11 is 1.27. The van der Waals surface area contributed by atoms with Gasteiger partial charge in [-0.25, -0.2) is 0 Å². The molecule has 18 heavy (non-hydrogen) atoms. The molecular formula is C13H16N2O2S. The molecule has 0 aromatic heterocycles. The molecule has 1 aliphatic rings. The first-order chi connectivity index (χ1) is 8.56. The van der Waals surface area contributed by atoms with E-state index in [0.717, 1.165) is 17.0 Å². The number of nitrogens with one attached hydrogen (secondary N) is 1. The Labute approximate surface area is 111 Å². The van der Waals surface area contributed by atoms with Gasteiger partial charge < -0.3 is 10.2 Å². The Morgan fingerprint density at radius 1 is 1.39 bits per heavy atom. The molecule has 96 valence electrons. The number of hydrogen-bond acceptors (Lipinski definition) is 3. The summed E-state index contributed by atoms with van der Waals surface area (Å²) in [5, 5.41) is 2.81. The van der Waals surface area contributed by atoms with E-state index in [2.05, 4.69) is 5.32 Å². The second kappa shape index (κ2) is 5.44. The number of anilines is 1. The highest BCUT2D eigenvalue weighted by Gasteiger charge is 2.23. The zero-order chi connectivity index (χ0) is 13.1. The minimum Gasteiger partial charge on any atom is -0.325 e. The van der Waals surface area contributed by atoms with E-state index in [1.54, 1.807) is 4.90 Å². The Morgan fingerprint density at radius 2 is 2.17 bits per heavy atom. The van der Waals surface area contributed by atoms with E-state index in [1.165, 1.54) is 17.3 Å². The predicted molar refractivity (Wildman–Crippen MR) is 74.0 cm³/mol. The van der Waals surface area contributed by atoms with Crippen LogP contribution in [0.3, 0.4) is 0 Å². The molecule has 1 saturated heterocycles. The van der Waals surface area contributed by atoms with Gasteiger partial charge in [0.25, 0.3) is 5.24 Å². The number of carbonyl (C=O) groups excluding carboxylic acids is 2. The first-order valence-corrected chi connectivity index (χ1v) is 6.83. The van der Waals surface area contributed by atoms with Crippen molar-refractivity contribution in [1.82, 2.24) is 4.90 Å². The summed E-state index contributed by atoms with van der Waals surface area (Å²) in [5.41, 5.74) is 3.11. The molecule has 0 unspecified atom stereocenters. The van der Waals surface area contributed by atoms with Crippen LogP contribution in [0, 0.1) is 13.8 Å². The van der Waals surface area contributed by atoms with Gasteiger partial charge in [-0.3, -0.25) is 9.59 Å². The maximum Gasteiger partial charge on any atom is 0.282 e. The number of nitrogens with zero attached hydrogens (tertiary/aromatic N) is 1. The Balaban J connectivity index is 1.94. The third kappa shape index (κ3) is 3.04. The van der Waals surface area contributed by atoms with E-state index < -0.39 is 0 Å². The van der Waals surface area contributed by atoms with Crippen LogP contribution in [-0.4, -0.2) is 34.9 Å². The average molecular weight is 264 g/mol. The molecule has 1 aromatic carbocycles. The van der Waals surface area contributed by atoms with E-state index in [-0.39, 0.29) is 17.7 Å². The lowest BCUT2D eigenvalue weighted by molar-refractivity contribution is -0.116. The van der Waals surface area contributed by atoms with Gasteiger partial charge in [0.15, 0.2) is 0 Å². The van der Waals surface area contributed by atoms with Crippen molar-refractivity contribution in [2.45, 2.75) is 13.8 Å². The van der Waals surface area contributed by atoms with E-state index in [0.29, 0.717) is 6.54 Å². The van der Waals surface area contributed by atoms with Gasteiger partial charge in [-0.05, 0) is 37.1 Å². The highest BCUT2D eigenvalue weighted by atomic mass is 32.2. The number of amides is 2.